The van der Waals surface area contributed by atoms with Crippen LogP contribution in [-0.4, -0.2) is 37.0 Å². The van der Waals surface area contributed by atoms with Crippen LogP contribution in [0.5, 0.6) is 0 Å². The molecule has 1 aromatic heterocycles. The van der Waals surface area contributed by atoms with Gasteiger partial charge in [0.25, 0.3) is 0 Å². The van der Waals surface area contributed by atoms with Gasteiger partial charge in [0.05, 0.1) is 19.2 Å². The SMILES string of the molecule is COC(=O)c1ccccc1NCC(=O)N1CCc2sccc2C1. The number of hydrogen-bond donors (Lipinski definition) is 1. The molecular weight excluding hydrogens is 312 g/mol. The molecule has 0 saturated carbocycles. The number of fused-ring (bicyclic) bond motifs is 1. The Morgan fingerprint density at radius 3 is 2.96 bits per heavy atom. The average Bonchev–Trinajstić information content (AvgIpc) is 3.06. The fraction of sp³-hybridized carbons (Fsp3) is 0.294. The van der Waals surface area contributed by atoms with Crippen LogP contribution < -0.4 is 5.32 Å². The van der Waals surface area contributed by atoms with Crippen molar-refractivity contribution in [1.82, 2.24) is 4.90 Å². The Morgan fingerprint density at radius 1 is 1.30 bits per heavy atom. The first-order chi connectivity index (χ1) is 11.2. The number of para-hydroxylation sites is 1. The van der Waals surface area contributed by atoms with Crippen LogP contribution in [0.3, 0.4) is 0 Å². The summed E-state index contributed by atoms with van der Waals surface area (Å²) in [5.41, 5.74) is 2.28. The second kappa shape index (κ2) is 6.83. The molecule has 2 aromatic rings. The Morgan fingerprint density at radius 2 is 2.13 bits per heavy atom. The van der Waals surface area contributed by atoms with E-state index in [0.717, 1.165) is 13.0 Å². The van der Waals surface area contributed by atoms with E-state index in [-0.39, 0.29) is 12.5 Å². The number of hydrogen-bond acceptors (Lipinski definition) is 5. The van der Waals surface area contributed by atoms with Crippen molar-refractivity contribution in [3.05, 3.63) is 51.7 Å². The van der Waals surface area contributed by atoms with Crippen molar-refractivity contribution in [2.75, 3.05) is 25.5 Å². The zero-order valence-corrected chi connectivity index (χ0v) is 13.7. The molecule has 23 heavy (non-hydrogen) atoms. The van der Waals surface area contributed by atoms with E-state index in [2.05, 4.69) is 16.8 Å². The van der Waals surface area contributed by atoms with Gasteiger partial charge in [0.1, 0.15) is 0 Å². The molecule has 3 rings (SSSR count). The van der Waals surface area contributed by atoms with Gasteiger partial charge in [0.2, 0.25) is 5.91 Å². The van der Waals surface area contributed by atoms with E-state index < -0.39 is 5.97 Å². The van der Waals surface area contributed by atoms with Gasteiger partial charge < -0.3 is 15.0 Å². The molecule has 1 N–H and O–H groups in total. The highest BCUT2D eigenvalue weighted by atomic mass is 32.1. The molecule has 6 heteroatoms. The van der Waals surface area contributed by atoms with Crippen LogP contribution in [0.4, 0.5) is 5.69 Å². The minimum atomic E-state index is -0.415. The van der Waals surface area contributed by atoms with Crippen LogP contribution >= 0.6 is 11.3 Å². The van der Waals surface area contributed by atoms with E-state index in [1.165, 1.54) is 17.6 Å². The van der Waals surface area contributed by atoms with E-state index in [1.54, 1.807) is 29.5 Å². The second-order valence-corrected chi connectivity index (χ2v) is 6.33. The summed E-state index contributed by atoms with van der Waals surface area (Å²) in [6.45, 7) is 1.57. The molecule has 1 aliphatic heterocycles. The highest BCUT2D eigenvalue weighted by Crippen LogP contribution is 2.24. The smallest absolute Gasteiger partial charge is 0.339 e. The molecule has 0 fully saturated rings. The van der Waals surface area contributed by atoms with Crippen molar-refractivity contribution in [2.45, 2.75) is 13.0 Å². The maximum absolute atomic E-state index is 12.4. The van der Waals surface area contributed by atoms with E-state index in [1.807, 2.05) is 11.0 Å². The standard InChI is InChI=1S/C17H18N2O3S/c1-22-17(21)13-4-2-3-5-14(13)18-10-16(20)19-8-6-15-12(11-19)7-9-23-15/h2-5,7,9,18H,6,8,10-11H2,1H3. The monoisotopic (exact) mass is 330 g/mol. The third-order valence-electron chi connectivity index (χ3n) is 3.92. The number of anilines is 1. The molecule has 0 atom stereocenters. The minimum Gasteiger partial charge on any atom is -0.465 e. The Hall–Kier alpha value is -2.34. The van der Waals surface area contributed by atoms with Crippen molar-refractivity contribution < 1.29 is 14.3 Å². The molecule has 0 radical (unpaired) electrons. The summed E-state index contributed by atoms with van der Waals surface area (Å²) >= 11 is 1.75. The second-order valence-electron chi connectivity index (χ2n) is 5.33. The van der Waals surface area contributed by atoms with Crippen molar-refractivity contribution >= 4 is 28.9 Å². The summed E-state index contributed by atoms with van der Waals surface area (Å²) in [6, 6.07) is 9.11. The zero-order valence-electron chi connectivity index (χ0n) is 12.9. The molecule has 2 heterocycles. The van der Waals surface area contributed by atoms with Gasteiger partial charge in [-0.05, 0) is 35.6 Å². The van der Waals surface area contributed by atoms with Gasteiger partial charge in [0, 0.05) is 23.7 Å². The predicted molar refractivity (Wildman–Crippen MR) is 89.7 cm³/mol. The summed E-state index contributed by atoms with van der Waals surface area (Å²) < 4.78 is 4.76. The Bertz CT molecular complexity index is 726. The van der Waals surface area contributed by atoms with Crippen molar-refractivity contribution in [2.24, 2.45) is 0 Å². The first-order valence-corrected chi connectivity index (χ1v) is 8.31. The lowest BCUT2D eigenvalue weighted by atomic mass is 10.1. The maximum Gasteiger partial charge on any atom is 0.339 e. The number of ether oxygens (including phenoxy) is 1. The van der Waals surface area contributed by atoms with Gasteiger partial charge in [0.15, 0.2) is 0 Å². The largest absolute Gasteiger partial charge is 0.465 e. The Labute approximate surface area is 138 Å². The molecule has 0 aliphatic carbocycles. The maximum atomic E-state index is 12.4. The normalized spacial score (nSPS) is 13.3. The summed E-state index contributed by atoms with van der Waals surface area (Å²) in [4.78, 5) is 27.4. The number of carbonyl (C=O) groups excluding carboxylic acids is 2. The number of methoxy groups -OCH3 is 1. The highest BCUT2D eigenvalue weighted by molar-refractivity contribution is 7.10. The third kappa shape index (κ3) is 3.37. The first-order valence-electron chi connectivity index (χ1n) is 7.43. The first kappa shape index (κ1) is 15.6. The number of esters is 1. The summed E-state index contributed by atoms with van der Waals surface area (Å²) in [6.07, 6.45) is 0.914. The van der Waals surface area contributed by atoms with Gasteiger partial charge in [-0.3, -0.25) is 4.79 Å². The lowest BCUT2D eigenvalue weighted by Crippen LogP contribution is -2.38. The van der Waals surface area contributed by atoms with Crippen molar-refractivity contribution in [3.63, 3.8) is 0 Å². The lowest BCUT2D eigenvalue weighted by Gasteiger charge is -2.27. The fourth-order valence-corrected chi connectivity index (χ4v) is 3.56. The molecule has 5 nitrogen and oxygen atoms in total. The van der Waals surface area contributed by atoms with E-state index in [4.69, 9.17) is 4.74 Å². The number of carbonyl (C=O) groups is 2. The zero-order chi connectivity index (χ0) is 16.2. The number of amides is 1. The molecule has 0 unspecified atom stereocenters. The summed E-state index contributed by atoms with van der Waals surface area (Å²) in [5, 5.41) is 5.13. The van der Waals surface area contributed by atoms with E-state index >= 15 is 0 Å². The molecule has 0 spiro atoms. The van der Waals surface area contributed by atoms with Crippen LogP contribution in [0.1, 0.15) is 20.8 Å². The summed E-state index contributed by atoms with van der Waals surface area (Å²) in [7, 11) is 1.34. The number of thiophene rings is 1. The average molecular weight is 330 g/mol. The van der Waals surface area contributed by atoms with Crippen molar-refractivity contribution in [1.29, 1.82) is 0 Å². The quantitative estimate of drug-likeness (QED) is 0.875. The van der Waals surface area contributed by atoms with Gasteiger partial charge in [-0.1, -0.05) is 12.1 Å². The van der Waals surface area contributed by atoms with Gasteiger partial charge in [-0.25, -0.2) is 4.79 Å². The van der Waals surface area contributed by atoms with Gasteiger partial charge in [-0.15, -0.1) is 11.3 Å². The number of nitrogens with zero attached hydrogens (tertiary/aromatic N) is 1. The molecule has 120 valence electrons. The molecular formula is C17H18N2O3S. The van der Waals surface area contributed by atoms with Gasteiger partial charge in [-0.2, -0.15) is 0 Å². The fourth-order valence-electron chi connectivity index (χ4n) is 2.67. The van der Waals surface area contributed by atoms with E-state index in [9.17, 15) is 9.59 Å². The van der Waals surface area contributed by atoms with Crippen LogP contribution in [0.25, 0.3) is 0 Å². The van der Waals surface area contributed by atoms with Crippen LogP contribution in [0.15, 0.2) is 35.7 Å². The van der Waals surface area contributed by atoms with Crippen LogP contribution in [0, 0.1) is 0 Å². The third-order valence-corrected chi connectivity index (χ3v) is 4.95. The topological polar surface area (TPSA) is 58.6 Å². The predicted octanol–water partition coefficient (Wildman–Crippen LogP) is 2.53. The Balaban J connectivity index is 1.63. The lowest BCUT2D eigenvalue weighted by molar-refractivity contribution is -0.130. The van der Waals surface area contributed by atoms with Crippen LogP contribution in [-0.2, 0) is 22.5 Å². The van der Waals surface area contributed by atoms with Crippen molar-refractivity contribution in [3.8, 4) is 0 Å². The molecule has 1 aromatic carbocycles. The summed E-state index contributed by atoms with van der Waals surface area (Å²) in [5.74, 6) is -0.386. The molecule has 1 amide bonds. The van der Waals surface area contributed by atoms with Crippen LogP contribution in [0.2, 0.25) is 0 Å². The van der Waals surface area contributed by atoms with E-state index in [0.29, 0.717) is 17.8 Å². The molecule has 0 bridgehead atoms. The highest BCUT2D eigenvalue weighted by Gasteiger charge is 2.21. The molecule has 0 saturated heterocycles. The van der Waals surface area contributed by atoms with Gasteiger partial charge >= 0.3 is 5.97 Å². The minimum absolute atomic E-state index is 0.0292. The molecule has 1 aliphatic rings. The number of benzene rings is 1. The number of nitrogens with one attached hydrogen (secondary N) is 1. The Kier molecular flexibility index (Phi) is 4.62. The number of rotatable bonds is 4.